The zero-order valence-electron chi connectivity index (χ0n) is 27.0. The maximum absolute atomic E-state index is 14.4. The van der Waals surface area contributed by atoms with E-state index >= 15 is 0 Å². The lowest BCUT2D eigenvalue weighted by molar-refractivity contribution is -0.129. The van der Waals surface area contributed by atoms with Gasteiger partial charge in [0, 0.05) is 60.6 Å². The maximum Gasteiger partial charge on any atom is 0.356 e. The summed E-state index contributed by atoms with van der Waals surface area (Å²) in [6, 6.07) is 6.44. The third-order valence-electron chi connectivity index (χ3n) is 10.8. The highest BCUT2D eigenvalue weighted by Crippen LogP contribution is 2.55. The number of ether oxygens (including phenoxy) is 1. The number of aromatic carboxylic acids is 1. The van der Waals surface area contributed by atoms with Gasteiger partial charge in [-0.15, -0.1) is 20.4 Å². The van der Waals surface area contributed by atoms with E-state index in [2.05, 4.69) is 40.4 Å². The van der Waals surface area contributed by atoms with Crippen molar-refractivity contribution < 1.29 is 28.2 Å². The summed E-state index contributed by atoms with van der Waals surface area (Å²) in [4.78, 5) is 27.5. The number of aromatic nitrogens is 8. The van der Waals surface area contributed by atoms with E-state index in [4.69, 9.17) is 14.9 Å². The fraction of sp³-hybridized carbons (Fsp3) is 0.515. The Balaban J connectivity index is 1.04. The summed E-state index contributed by atoms with van der Waals surface area (Å²) in [7, 11) is 0. The largest absolute Gasteiger partial charge is 0.476 e. The van der Waals surface area contributed by atoms with Crippen molar-refractivity contribution in [3.63, 3.8) is 0 Å². The Labute approximate surface area is 279 Å². The second-order valence-corrected chi connectivity index (χ2v) is 13.7. The summed E-state index contributed by atoms with van der Waals surface area (Å²) in [6.07, 6.45) is 5.24. The van der Waals surface area contributed by atoms with E-state index in [0.717, 1.165) is 74.0 Å². The average molecular weight is 675 g/mol. The van der Waals surface area contributed by atoms with E-state index in [1.54, 1.807) is 25.1 Å². The van der Waals surface area contributed by atoms with Crippen molar-refractivity contribution in [3.05, 3.63) is 52.3 Å². The molecule has 1 amide bonds. The summed E-state index contributed by atoms with van der Waals surface area (Å²) in [5.41, 5.74) is 3.91. The van der Waals surface area contributed by atoms with Gasteiger partial charge in [0.25, 0.3) is 6.43 Å². The molecule has 2 N–H and O–H groups in total. The van der Waals surface area contributed by atoms with Crippen LogP contribution >= 0.6 is 0 Å². The first-order valence-corrected chi connectivity index (χ1v) is 16.7. The van der Waals surface area contributed by atoms with E-state index in [1.807, 2.05) is 4.90 Å². The minimum absolute atomic E-state index is 0.00157. The summed E-state index contributed by atoms with van der Waals surface area (Å²) in [5, 5.41) is 35.8. The molecule has 0 bridgehead atoms. The molecule has 49 heavy (non-hydrogen) atoms. The number of fused-ring (bicyclic) bond motifs is 2. The average Bonchev–Trinajstić information content (AvgIpc) is 3.76. The number of carbonyl (C=O) groups is 2. The fourth-order valence-electron chi connectivity index (χ4n) is 8.26. The molecule has 3 aromatic heterocycles. The van der Waals surface area contributed by atoms with Crippen LogP contribution in [0, 0.1) is 5.41 Å². The van der Waals surface area contributed by atoms with Crippen LogP contribution in [0.15, 0.2) is 24.3 Å². The number of tetrazole rings is 1. The van der Waals surface area contributed by atoms with Crippen molar-refractivity contribution in [2.45, 2.75) is 89.8 Å². The molecule has 4 aliphatic rings. The summed E-state index contributed by atoms with van der Waals surface area (Å²) in [6.45, 7) is 3.24. The lowest BCUT2D eigenvalue weighted by Crippen LogP contribution is -2.46. The molecule has 256 valence electrons. The summed E-state index contributed by atoms with van der Waals surface area (Å²) >= 11 is 0. The van der Waals surface area contributed by atoms with Crippen molar-refractivity contribution in [1.29, 1.82) is 0 Å². The molecule has 0 saturated heterocycles. The van der Waals surface area contributed by atoms with Crippen LogP contribution < -0.4 is 9.64 Å². The molecule has 2 saturated carbocycles. The second-order valence-electron chi connectivity index (χ2n) is 13.7. The second kappa shape index (κ2) is 12.1. The first-order valence-electron chi connectivity index (χ1n) is 16.7. The Morgan fingerprint density at radius 3 is 2.57 bits per heavy atom. The number of aryl methyl sites for hydroxylation is 1. The monoisotopic (exact) mass is 674 g/mol. The van der Waals surface area contributed by atoms with Gasteiger partial charge in [0.15, 0.2) is 11.5 Å². The van der Waals surface area contributed by atoms with Gasteiger partial charge in [-0.2, -0.15) is 10.3 Å². The normalized spacial score (nSPS) is 23.3. The van der Waals surface area contributed by atoms with Crippen molar-refractivity contribution in [3.8, 4) is 17.3 Å². The number of benzene rings is 1. The first-order chi connectivity index (χ1) is 23.7. The predicted molar refractivity (Wildman–Crippen MR) is 169 cm³/mol. The van der Waals surface area contributed by atoms with Gasteiger partial charge in [-0.1, -0.05) is 0 Å². The van der Waals surface area contributed by atoms with Crippen LogP contribution in [0.2, 0.25) is 0 Å². The fourth-order valence-corrected chi connectivity index (χ4v) is 8.26. The van der Waals surface area contributed by atoms with Gasteiger partial charge < -0.3 is 19.6 Å². The number of hydrogen-bond acceptors (Lipinski definition) is 10. The van der Waals surface area contributed by atoms with Crippen molar-refractivity contribution in [1.82, 2.24) is 45.5 Å². The molecule has 4 aromatic rings. The number of anilines is 2. The van der Waals surface area contributed by atoms with Gasteiger partial charge in [-0.05, 0) is 85.8 Å². The number of halogens is 2. The van der Waals surface area contributed by atoms with Gasteiger partial charge in [0.05, 0.1) is 12.6 Å². The van der Waals surface area contributed by atoms with E-state index in [-0.39, 0.29) is 46.1 Å². The number of nitrogens with zero attached hydrogens (tertiary/aromatic N) is 9. The van der Waals surface area contributed by atoms with Gasteiger partial charge >= 0.3 is 5.97 Å². The maximum atomic E-state index is 14.4. The first kappa shape index (κ1) is 31.3. The quantitative estimate of drug-likeness (QED) is 0.276. The Morgan fingerprint density at radius 1 is 1.08 bits per heavy atom. The number of amides is 1. The standard InChI is InChI=1S/C33H36F2N10O4/c1-18(46)43-12-8-26-24(17-43)31(44-11-2-3-19-13-23(30-38-41-42-39-30)22(29(34)35)14-27(19)44)40-45(26)20-6-9-33(10-7-20)15-21(16-33)49-28-5-4-25(32(47)48)36-37-28/h4-5,13-14,20-21,29H,2-3,6-12,15-17H2,1H3,(H,47,48)(H,38,39,41,42). The van der Waals surface area contributed by atoms with Gasteiger partial charge in [0.2, 0.25) is 17.6 Å². The van der Waals surface area contributed by atoms with Gasteiger partial charge in [-0.25, -0.2) is 13.6 Å². The van der Waals surface area contributed by atoms with E-state index in [0.29, 0.717) is 37.6 Å². The molecule has 14 nitrogen and oxygen atoms in total. The SMILES string of the molecule is CC(=O)N1CCc2c(c(N3CCCc4cc(-c5nn[nH]n5)c(C(F)F)cc43)nn2C2CCC3(CC2)CC(Oc2ccc(C(=O)O)nn2)C3)C1. The van der Waals surface area contributed by atoms with Crippen molar-refractivity contribution in [2.24, 2.45) is 5.41 Å². The molecule has 5 heterocycles. The molecular formula is C33H36F2N10O4. The highest BCUT2D eigenvalue weighted by atomic mass is 19.3. The Hall–Kier alpha value is -5.02. The number of alkyl halides is 2. The molecule has 2 fully saturated rings. The number of carboxylic acids is 1. The number of nitrogens with one attached hydrogen (secondary N) is 1. The molecule has 0 radical (unpaired) electrons. The van der Waals surface area contributed by atoms with Crippen molar-refractivity contribution in [2.75, 3.05) is 18.0 Å². The molecule has 2 aliphatic carbocycles. The number of carboxylic acid groups (broad SMARTS) is 1. The van der Waals surface area contributed by atoms with E-state index < -0.39 is 12.4 Å². The Morgan fingerprint density at radius 2 is 1.90 bits per heavy atom. The molecule has 1 spiro atoms. The molecular weight excluding hydrogens is 638 g/mol. The smallest absolute Gasteiger partial charge is 0.356 e. The number of rotatable bonds is 7. The van der Waals surface area contributed by atoms with Crippen LogP contribution in [0.25, 0.3) is 11.4 Å². The molecule has 8 rings (SSSR count). The molecule has 0 atom stereocenters. The Bertz CT molecular complexity index is 1880. The molecule has 0 unspecified atom stereocenters. The molecule has 16 heteroatoms. The highest BCUT2D eigenvalue weighted by Gasteiger charge is 2.48. The van der Waals surface area contributed by atoms with Crippen LogP contribution in [-0.2, 0) is 24.2 Å². The third kappa shape index (κ3) is 5.65. The third-order valence-corrected chi connectivity index (χ3v) is 10.8. The minimum Gasteiger partial charge on any atom is -0.476 e. The summed E-state index contributed by atoms with van der Waals surface area (Å²) < 4.78 is 37.1. The number of H-pyrrole nitrogens is 1. The zero-order chi connectivity index (χ0) is 33.9. The summed E-state index contributed by atoms with van der Waals surface area (Å²) in [5.74, 6) is 0.0776. The predicted octanol–water partition coefficient (Wildman–Crippen LogP) is 4.82. The van der Waals surface area contributed by atoms with Crippen molar-refractivity contribution >= 4 is 23.4 Å². The van der Waals surface area contributed by atoms with Crippen LogP contribution in [0.4, 0.5) is 20.3 Å². The number of carbonyl (C=O) groups excluding carboxylic acids is 1. The van der Waals surface area contributed by atoms with Gasteiger partial charge in [0.1, 0.15) is 6.10 Å². The van der Waals surface area contributed by atoms with E-state index in [1.165, 1.54) is 6.07 Å². The zero-order valence-corrected chi connectivity index (χ0v) is 27.0. The number of aromatic amines is 1. The van der Waals surface area contributed by atoms with Crippen LogP contribution in [-0.4, -0.2) is 81.7 Å². The Kier molecular flexibility index (Phi) is 7.75. The molecule has 2 aliphatic heterocycles. The number of hydrogen-bond donors (Lipinski definition) is 2. The van der Waals surface area contributed by atoms with Crippen LogP contribution in [0.3, 0.4) is 0 Å². The topological polar surface area (TPSA) is 168 Å². The lowest BCUT2D eigenvalue weighted by atomic mass is 9.58. The lowest BCUT2D eigenvalue weighted by Gasteiger charge is -2.51. The highest BCUT2D eigenvalue weighted by molar-refractivity contribution is 5.85. The molecule has 1 aromatic carbocycles. The van der Waals surface area contributed by atoms with Crippen LogP contribution in [0.5, 0.6) is 5.88 Å². The van der Waals surface area contributed by atoms with Crippen LogP contribution in [0.1, 0.15) is 97.2 Å². The minimum atomic E-state index is -2.74. The van der Waals surface area contributed by atoms with E-state index in [9.17, 15) is 18.4 Å². The van der Waals surface area contributed by atoms with Gasteiger partial charge in [-0.3, -0.25) is 9.48 Å².